The number of esters is 1. The quantitative estimate of drug-likeness (QED) is 0.557. The summed E-state index contributed by atoms with van der Waals surface area (Å²) in [5.74, 6) is 1.38. The van der Waals surface area contributed by atoms with Crippen molar-refractivity contribution in [3.05, 3.63) is 11.6 Å². The van der Waals surface area contributed by atoms with Gasteiger partial charge in [-0.15, -0.1) is 0 Å². The molecule has 7 nitrogen and oxygen atoms in total. The van der Waals surface area contributed by atoms with Crippen LogP contribution in [0.1, 0.15) is 78.1 Å². The normalized spacial score (nSPS) is 46.6. The fraction of sp³-hybridized carbons (Fsp3) is 0.862. The minimum atomic E-state index is -0.675. The van der Waals surface area contributed by atoms with Crippen molar-refractivity contribution in [3.8, 4) is 0 Å². The molecular formula is C29H44N2O5. The number of aliphatic hydroxyl groups is 1. The smallest absolute Gasteiger partial charge is 0.410 e. The van der Waals surface area contributed by atoms with Crippen LogP contribution in [0.4, 0.5) is 4.79 Å². The van der Waals surface area contributed by atoms with Crippen LogP contribution in [0.15, 0.2) is 11.6 Å². The first-order chi connectivity index (χ1) is 17.2. The first kappa shape index (κ1) is 24.7. The number of nitrogens with one attached hydrogen (secondary N) is 1. The fourth-order valence-corrected chi connectivity index (χ4v) is 9.72. The topological polar surface area (TPSA) is 88.1 Å². The summed E-state index contributed by atoms with van der Waals surface area (Å²) in [6, 6.07) is 0. The number of hydrogen-bond donors (Lipinski definition) is 2. The van der Waals surface area contributed by atoms with Gasteiger partial charge in [-0.2, -0.15) is 0 Å². The fourth-order valence-electron chi connectivity index (χ4n) is 9.72. The molecule has 6 aliphatic rings. The molecule has 1 saturated heterocycles. The molecule has 0 radical (unpaired) electrons. The molecule has 2 aliphatic heterocycles. The number of cyclic esters (lactones) is 1. The minimum absolute atomic E-state index is 0.0167. The van der Waals surface area contributed by atoms with Crippen LogP contribution < -0.4 is 5.32 Å². The Morgan fingerprint density at radius 1 is 1.08 bits per heavy atom. The summed E-state index contributed by atoms with van der Waals surface area (Å²) in [6.07, 6.45) is 11.6. The van der Waals surface area contributed by atoms with Crippen molar-refractivity contribution >= 4 is 12.1 Å². The van der Waals surface area contributed by atoms with E-state index in [-0.39, 0.29) is 34.9 Å². The molecule has 5 fully saturated rings. The molecule has 0 aromatic carbocycles. The van der Waals surface area contributed by atoms with Gasteiger partial charge in [-0.1, -0.05) is 13.8 Å². The van der Waals surface area contributed by atoms with E-state index in [9.17, 15) is 14.7 Å². The Balaban J connectivity index is 1.15. The van der Waals surface area contributed by atoms with Gasteiger partial charge in [0.25, 0.3) is 0 Å². The maximum absolute atomic E-state index is 12.9. The Hall–Kier alpha value is -1.60. The average molecular weight is 501 g/mol. The number of carbonyl (C=O) groups is 2. The van der Waals surface area contributed by atoms with Gasteiger partial charge in [-0.25, -0.2) is 9.59 Å². The van der Waals surface area contributed by atoms with Crippen LogP contribution in [0.3, 0.4) is 0 Å². The number of carbonyl (C=O) groups excluding carboxylic acids is 2. The highest BCUT2D eigenvalue weighted by atomic mass is 16.6. The van der Waals surface area contributed by atoms with Crippen LogP contribution in [0.5, 0.6) is 0 Å². The molecule has 0 bridgehead atoms. The summed E-state index contributed by atoms with van der Waals surface area (Å²) in [4.78, 5) is 26.5. The van der Waals surface area contributed by atoms with Crippen LogP contribution in [-0.4, -0.2) is 66.6 Å². The van der Waals surface area contributed by atoms with E-state index in [2.05, 4.69) is 19.2 Å². The third kappa shape index (κ3) is 3.74. The van der Waals surface area contributed by atoms with Gasteiger partial charge in [0, 0.05) is 31.1 Å². The van der Waals surface area contributed by atoms with E-state index in [1.165, 1.54) is 0 Å². The lowest BCUT2D eigenvalue weighted by molar-refractivity contribution is -0.208. The molecule has 6 rings (SSSR count). The molecule has 4 aliphatic carbocycles. The van der Waals surface area contributed by atoms with E-state index in [4.69, 9.17) is 9.47 Å². The molecule has 4 saturated carbocycles. The summed E-state index contributed by atoms with van der Waals surface area (Å²) in [5.41, 5.74) is 0.426. The monoisotopic (exact) mass is 500 g/mol. The number of rotatable bonds is 2. The Labute approximate surface area is 215 Å². The molecule has 2 heterocycles. The predicted octanol–water partition coefficient (Wildman–Crippen LogP) is 4.04. The summed E-state index contributed by atoms with van der Waals surface area (Å²) in [5, 5.41) is 15.7. The second-order valence-corrected chi connectivity index (χ2v) is 13.2. The Morgan fingerprint density at radius 2 is 1.94 bits per heavy atom. The Kier molecular flexibility index (Phi) is 6.18. The van der Waals surface area contributed by atoms with Crippen LogP contribution in [0.25, 0.3) is 0 Å². The second-order valence-electron chi connectivity index (χ2n) is 13.2. The van der Waals surface area contributed by atoms with Gasteiger partial charge >= 0.3 is 12.1 Å². The largest absolute Gasteiger partial charge is 0.458 e. The summed E-state index contributed by atoms with van der Waals surface area (Å²) < 4.78 is 11.3. The molecule has 8 unspecified atom stereocenters. The molecule has 200 valence electrons. The van der Waals surface area contributed by atoms with Crippen molar-refractivity contribution in [1.82, 2.24) is 10.2 Å². The number of nitrogens with zero attached hydrogens (tertiary/aromatic N) is 1. The van der Waals surface area contributed by atoms with Crippen molar-refractivity contribution in [2.45, 2.75) is 89.8 Å². The Bertz CT molecular complexity index is 929. The van der Waals surface area contributed by atoms with Crippen LogP contribution in [0, 0.1) is 34.5 Å². The molecule has 0 aromatic rings. The Morgan fingerprint density at radius 3 is 2.75 bits per heavy atom. The van der Waals surface area contributed by atoms with Crippen molar-refractivity contribution in [3.63, 3.8) is 0 Å². The summed E-state index contributed by atoms with van der Waals surface area (Å²) in [7, 11) is 0. The summed E-state index contributed by atoms with van der Waals surface area (Å²) >= 11 is 0. The van der Waals surface area contributed by atoms with E-state index < -0.39 is 5.60 Å². The lowest BCUT2D eigenvalue weighted by Gasteiger charge is -2.63. The van der Waals surface area contributed by atoms with Gasteiger partial charge in [0.2, 0.25) is 0 Å². The van der Waals surface area contributed by atoms with E-state index in [1.54, 1.807) is 6.08 Å². The molecule has 7 heteroatoms. The summed E-state index contributed by atoms with van der Waals surface area (Å²) in [6.45, 7) is 8.46. The van der Waals surface area contributed by atoms with Crippen LogP contribution >= 0.6 is 0 Å². The van der Waals surface area contributed by atoms with Gasteiger partial charge in [-0.05, 0) is 105 Å². The average Bonchev–Trinajstić information content (AvgIpc) is 3.26. The lowest BCUT2D eigenvalue weighted by Crippen LogP contribution is -2.62. The molecule has 2 N–H and O–H groups in total. The SMILES string of the molecule is CC12CCC(OC(=O)N3CCCNCC3)CC1CCC1C2CCC2(C)C(C3=CC(=O)OC3)CCC12O. The maximum atomic E-state index is 12.9. The highest BCUT2D eigenvalue weighted by Gasteiger charge is 2.67. The molecule has 8 atom stereocenters. The first-order valence-corrected chi connectivity index (χ1v) is 14.5. The zero-order valence-corrected chi connectivity index (χ0v) is 22.1. The van der Waals surface area contributed by atoms with Gasteiger partial charge in [0.05, 0.1) is 5.60 Å². The van der Waals surface area contributed by atoms with Gasteiger partial charge in [0.1, 0.15) is 12.7 Å². The first-order valence-electron chi connectivity index (χ1n) is 14.5. The highest BCUT2D eigenvalue weighted by Crippen LogP contribution is 2.70. The van der Waals surface area contributed by atoms with Gasteiger partial charge < -0.3 is 24.8 Å². The van der Waals surface area contributed by atoms with Gasteiger partial charge in [-0.3, -0.25) is 0 Å². The standard InChI is InChI=1S/C29H44N2O5/c1-27-9-6-21(36-26(33)31-14-3-12-30-13-15-31)17-20(27)4-5-24-23(27)7-10-28(2)22(8-11-29(24,28)34)19-16-25(32)35-18-19/h16,20-24,30,34H,3-15,17-18H2,1-2H3. The van der Waals surface area contributed by atoms with Gasteiger partial charge in [0.15, 0.2) is 0 Å². The number of amides is 1. The van der Waals surface area contributed by atoms with E-state index in [0.29, 0.717) is 24.4 Å². The third-order valence-electron chi connectivity index (χ3n) is 11.8. The van der Waals surface area contributed by atoms with Crippen molar-refractivity contribution in [2.24, 2.45) is 34.5 Å². The third-order valence-corrected chi connectivity index (χ3v) is 11.8. The second kappa shape index (κ2) is 9.00. The van der Waals surface area contributed by atoms with Crippen molar-refractivity contribution in [1.29, 1.82) is 0 Å². The zero-order chi connectivity index (χ0) is 25.1. The van der Waals surface area contributed by atoms with Crippen molar-refractivity contribution in [2.75, 3.05) is 32.8 Å². The number of ether oxygens (including phenoxy) is 2. The highest BCUT2D eigenvalue weighted by molar-refractivity contribution is 5.85. The molecule has 0 spiro atoms. The lowest BCUT2D eigenvalue weighted by atomic mass is 9.43. The van der Waals surface area contributed by atoms with E-state index in [0.717, 1.165) is 96.0 Å². The zero-order valence-electron chi connectivity index (χ0n) is 22.1. The van der Waals surface area contributed by atoms with Crippen molar-refractivity contribution < 1.29 is 24.2 Å². The van der Waals surface area contributed by atoms with E-state index in [1.807, 2.05) is 4.90 Å². The maximum Gasteiger partial charge on any atom is 0.410 e. The van der Waals surface area contributed by atoms with E-state index >= 15 is 0 Å². The van der Waals surface area contributed by atoms with Crippen LogP contribution in [-0.2, 0) is 14.3 Å². The molecular weight excluding hydrogens is 456 g/mol. The minimum Gasteiger partial charge on any atom is -0.458 e. The molecule has 1 amide bonds. The van der Waals surface area contributed by atoms with Crippen LogP contribution in [0.2, 0.25) is 0 Å². The predicted molar refractivity (Wildman–Crippen MR) is 135 cm³/mol. The number of hydrogen-bond acceptors (Lipinski definition) is 6. The number of fused-ring (bicyclic) bond motifs is 5. The molecule has 0 aromatic heterocycles. The molecule has 36 heavy (non-hydrogen) atoms.